The second-order valence-electron chi connectivity index (χ2n) is 2.88. The summed E-state index contributed by atoms with van der Waals surface area (Å²) >= 11 is 0. The van der Waals surface area contributed by atoms with Crippen molar-refractivity contribution in [3.8, 4) is 11.8 Å². The second-order valence-corrected chi connectivity index (χ2v) is 2.88. The van der Waals surface area contributed by atoms with Crippen LogP contribution in [0.3, 0.4) is 0 Å². The van der Waals surface area contributed by atoms with Crippen LogP contribution in [0, 0.1) is 17.7 Å². The third-order valence-corrected chi connectivity index (χ3v) is 1.73. The maximum atomic E-state index is 13.3. The van der Waals surface area contributed by atoms with Gasteiger partial charge in [0.15, 0.2) is 0 Å². The van der Waals surface area contributed by atoms with Gasteiger partial charge in [-0.1, -0.05) is 17.9 Å². The largest absolute Gasteiger partial charge is 0.481 e. The molecule has 3 N–H and O–H groups in total. The van der Waals surface area contributed by atoms with Crippen LogP contribution in [0.4, 0.5) is 4.39 Å². The number of carboxylic acids is 1. The van der Waals surface area contributed by atoms with E-state index >= 15 is 0 Å². The van der Waals surface area contributed by atoms with Gasteiger partial charge in [0.25, 0.3) is 0 Å². The van der Waals surface area contributed by atoms with E-state index < -0.39 is 11.8 Å². The zero-order chi connectivity index (χ0) is 11.3. The molecule has 0 heterocycles. The number of hydrogen-bond acceptors (Lipinski definition) is 2. The molecular formula is C11H10FNO2. The highest BCUT2D eigenvalue weighted by atomic mass is 19.1. The summed E-state index contributed by atoms with van der Waals surface area (Å²) < 4.78 is 13.3. The molecule has 0 aliphatic heterocycles. The lowest BCUT2D eigenvalue weighted by atomic mass is 10.1. The van der Waals surface area contributed by atoms with Crippen molar-refractivity contribution in [2.24, 2.45) is 5.73 Å². The van der Waals surface area contributed by atoms with Crippen molar-refractivity contribution in [3.05, 3.63) is 35.1 Å². The summed E-state index contributed by atoms with van der Waals surface area (Å²) in [5.41, 5.74) is 5.81. The number of nitrogens with two attached hydrogens (primary N) is 1. The molecular weight excluding hydrogens is 197 g/mol. The molecule has 0 aliphatic carbocycles. The Kier molecular flexibility index (Phi) is 3.83. The van der Waals surface area contributed by atoms with Crippen molar-refractivity contribution in [2.75, 3.05) is 6.54 Å². The Hall–Kier alpha value is -1.86. The lowest BCUT2D eigenvalue weighted by molar-refractivity contribution is -0.136. The molecule has 0 saturated carbocycles. The van der Waals surface area contributed by atoms with Crippen molar-refractivity contribution in [2.45, 2.75) is 6.42 Å². The van der Waals surface area contributed by atoms with Crippen LogP contribution in [0.15, 0.2) is 18.2 Å². The highest BCUT2D eigenvalue weighted by molar-refractivity contribution is 5.70. The Morgan fingerprint density at radius 3 is 2.80 bits per heavy atom. The van der Waals surface area contributed by atoms with E-state index in [-0.39, 0.29) is 18.5 Å². The average molecular weight is 207 g/mol. The highest BCUT2D eigenvalue weighted by Crippen LogP contribution is 2.10. The topological polar surface area (TPSA) is 63.3 Å². The van der Waals surface area contributed by atoms with Gasteiger partial charge in [-0.05, 0) is 17.7 Å². The van der Waals surface area contributed by atoms with E-state index in [4.69, 9.17) is 10.8 Å². The first-order valence-electron chi connectivity index (χ1n) is 4.32. The fraction of sp³-hybridized carbons (Fsp3) is 0.182. The minimum Gasteiger partial charge on any atom is -0.481 e. The molecule has 0 amide bonds. The SMILES string of the molecule is NCC#Cc1ccc(CC(=O)O)c(F)c1. The molecule has 0 bridgehead atoms. The molecule has 0 spiro atoms. The molecule has 1 aromatic rings. The van der Waals surface area contributed by atoms with E-state index in [0.29, 0.717) is 5.56 Å². The van der Waals surface area contributed by atoms with Crippen LogP contribution in [0.5, 0.6) is 0 Å². The maximum absolute atomic E-state index is 13.3. The minimum absolute atomic E-state index is 0.154. The van der Waals surface area contributed by atoms with Crippen LogP contribution in [0.25, 0.3) is 0 Å². The fourth-order valence-corrected chi connectivity index (χ4v) is 1.08. The third-order valence-electron chi connectivity index (χ3n) is 1.73. The van der Waals surface area contributed by atoms with Crippen molar-refractivity contribution in [3.63, 3.8) is 0 Å². The van der Waals surface area contributed by atoms with E-state index in [1.54, 1.807) is 6.07 Å². The summed E-state index contributed by atoms with van der Waals surface area (Å²) in [4.78, 5) is 10.4. The molecule has 0 fully saturated rings. The monoisotopic (exact) mass is 207 g/mol. The van der Waals surface area contributed by atoms with E-state index in [0.717, 1.165) is 0 Å². The number of carbonyl (C=O) groups is 1. The normalized spacial score (nSPS) is 9.20. The third kappa shape index (κ3) is 3.41. The Balaban J connectivity index is 2.92. The number of halogens is 1. The van der Waals surface area contributed by atoms with E-state index in [9.17, 15) is 9.18 Å². The lowest BCUT2D eigenvalue weighted by Gasteiger charge is -1.99. The van der Waals surface area contributed by atoms with Crippen molar-refractivity contribution < 1.29 is 14.3 Å². The van der Waals surface area contributed by atoms with Crippen molar-refractivity contribution in [1.82, 2.24) is 0 Å². The Bertz CT molecular complexity index is 432. The van der Waals surface area contributed by atoms with E-state index in [2.05, 4.69) is 11.8 Å². The average Bonchev–Trinajstić information content (AvgIpc) is 2.18. The first-order valence-corrected chi connectivity index (χ1v) is 4.32. The molecule has 0 aromatic heterocycles. The van der Waals surface area contributed by atoms with E-state index in [1.807, 2.05) is 0 Å². The predicted molar refractivity (Wildman–Crippen MR) is 53.7 cm³/mol. The molecule has 0 radical (unpaired) electrons. The van der Waals surface area contributed by atoms with Gasteiger partial charge >= 0.3 is 5.97 Å². The van der Waals surface area contributed by atoms with Gasteiger partial charge < -0.3 is 10.8 Å². The second kappa shape index (κ2) is 5.13. The zero-order valence-electron chi connectivity index (χ0n) is 7.96. The first-order chi connectivity index (χ1) is 7.13. The Labute approximate surface area is 86.7 Å². The summed E-state index contributed by atoms with van der Waals surface area (Å²) in [7, 11) is 0. The molecule has 3 nitrogen and oxygen atoms in total. The number of aliphatic carboxylic acids is 1. The quantitative estimate of drug-likeness (QED) is 0.704. The van der Waals surface area contributed by atoms with Crippen LogP contribution >= 0.6 is 0 Å². The van der Waals surface area contributed by atoms with Gasteiger partial charge in [-0.2, -0.15) is 0 Å². The summed E-state index contributed by atoms with van der Waals surface area (Å²) in [5, 5.41) is 8.49. The number of carboxylic acid groups (broad SMARTS) is 1. The van der Waals surface area contributed by atoms with Gasteiger partial charge in [0, 0.05) is 5.56 Å². The molecule has 1 aromatic carbocycles. The molecule has 15 heavy (non-hydrogen) atoms. The fourth-order valence-electron chi connectivity index (χ4n) is 1.08. The van der Waals surface area contributed by atoms with Gasteiger partial charge in [-0.3, -0.25) is 4.79 Å². The maximum Gasteiger partial charge on any atom is 0.307 e. The highest BCUT2D eigenvalue weighted by Gasteiger charge is 2.06. The minimum atomic E-state index is -1.06. The Morgan fingerprint density at radius 1 is 1.53 bits per heavy atom. The molecule has 1 rings (SSSR count). The van der Waals surface area contributed by atoms with Crippen LogP contribution in [0.1, 0.15) is 11.1 Å². The van der Waals surface area contributed by atoms with Crippen LogP contribution in [-0.4, -0.2) is 17.6 Å². The van der Waals surface area contributed by atoms with Crippen LogP contribution < -0.4 is 5.73 Å². The summed E-state index contributed by atoms with van der Waals surface area (Å²) in [6.07, 6.45) is -0.323. The van der Waals surface area contributed by atoms with Gasteiger partial charge in [0.2, 0.25) is 0 Å². The standard InChI is InChI=1S/C11H10FNO2/c12-10-6-8(2-1-5-13)3-4-9(10)7-11(14)15/h3-4,6H,5,7,13H2,(H,14,15). The predicted octanol–water partition coefficient (Wildman–Crippen LogP) is 0.763. The zero-order valence-corrected chi connectivity index (χ0v) is 7.96. The molecule has 4 heteroatoms. The summed E-state index contributed by atoms with van der Waals surface area (Å²) in [6, 6.07) is 4.20. The van der Waals surface area contributed by atoms with Gasteiger partial charge in [0.1, 0.15) is 5.82 Å². The molecule has 0 saturated heterocycles. The molecule has 78 valence electrons. The van der Waals surface area contributed by atoms with Crippen molar-refractivity contribution in [1.29, 1.82) is 0 Å². The van der Waals surface area contributed by atoms with Gasteiger partial charge in [-0.15, -0.1) is 0 Å². The molecule has 0 unspecified atom stereocenters. The molecule has 0 aliphatic rings. The lowest BCUT2D eigenvalue weighted by Crippen LogP contribution is -2.02. The summed E-state index contributed by atoms with van der Waals surface area (Å²) in [6.45, 7) is 0.207. The van der Waals surface area contributed by atoms with Crippen LogP contribution in [0.2, 0.25) is 0 Å². The number of benzene rings is 1. The van der Waals surface area contributed by atoms with E-state index in [1.165, 1.54) is 12.1 Å². The van der Waals surface area contributed by atoms with Gasteiger partial charge in [0.05, 0.1) is 13.0 Å². The van der Waals surface area contributed by atoms with Crippen molar-refractivity contribution >= 4 is 5.97 Å². The van der Waals surface area contributed by atoms with Gasteiger partial charge in [-0.25, -0.2) is 4.39 Å². The van der Waals surface area contributed by atoms with Crippen LogP contribution in [-0.2, 0) is 11.2 Å². The number of rotatable bonds is 2. The summed E-state index contributed by atoms with van der Waals surface area (Å²) in [5.74, 6) is 3.64. The smallest absolute Gasteiger partial charge is 0.307 e. The Morgan fingerprint density at radius 2 is 2.27 bits per heavy atom. The number of hydrogen-bond donors (Lipinski definition) is 2. The molecule has 0 atom stereocenters. The first kappa shape index (κ1) is 11.2.